The second kappa shape index (κ2) is 4.61. The van der Waals surface area contributed by atoms with Crippen molar-refractivity contribution >= 4 is 10.8 Å². The summed E-state index contributed by atoms with van der Waals surface area (Å²) in [5.74, 6) is 0.627. The van der Waals surface area contributed by atoms with Crippen LogP contribution in [0.2, 0.25) is 0 Å². The molecule has 0 saturated heterocycles. The Labute approximate surface area is 85.3 Å². The van der Waals surface area contributed by atoms with Crippen LogP contribution in [0.15, 0.2) is 0 Å². The first kappa shape index (κ1) is 11.3. The number of tetrazole rings is 1. The van der Waals surface area contributed by atoms with Gasteiger partial charge < -0.3 is 5.73 Å². The van der Waals surface area contributed by atoms with E-state index in [0.717, 1.165) is 0 Å². The predicted octanol–water partition coefficient (Wildman–Crippen LogP) is -0.540. The molecule has 3 unspecified atom stereocenters. The Hall–Kier alpha value is -0.820. The molecule has 1 aromatic heterocycles. The SMILES string of the molecule is CC(N)c1nnnn1CC(C)S(C)=O. The Morgan fingerprint density at radius 1 is 1.57 bits per heavy atom. The first-order valence-electron chi connectivity index (χ1n) is 4.36. The van der Waals surface area contributed by atoms with Crippen LogP contribution in [0.25, 0.3) is 0 Å². The van der Waals surface area contributed by atoms with E-state index in [1.54, 1.807) is 10.9 Å². The highest BCUT2D eigenvalue weighted by Gasteiger charge is 2.14. The van der Waals surface area contributed by atoms with Gasteiger partial charge in [-0.25, -0.2) is 4.68 Å². The summed E-state index contributed by atoms with van der Waals surface area (Å²) in [4.78, 5) is 0. The van der Waals surface area contributed by atoms with Crippen LogP contribution in [0.5, 0.6) is 0 Å². The van der Waals surface area contributed by atoms with Gasteiger partial charge in [-0.15, -0.1) is 5.10 Å². The molecule has 0 radical (unpaired) electrons. The van der Waals surface area contributed by atoms with Crippen LogP contribution < -0.4 is 5.73 Å². The van der Waals surface area contributed by atoms with Gasteiger partial charge in [0.1, 0.15) is 0 Å². The Balaban J connectivity index is 2.76. The Bertz CT molecular complexity index is 324. The van der Waals surface area contributed by atoms with Gasteiger partial charge in [0.05, 0.1) is 17.8 Å². The van der Waals surface area contributed by atoms with Crippen molar-refractivity contribution in [1.29, 1.82) is 0 Å². The van der Waals surface area contributed by atoms with Gasteiger partial charge in [0.15, 0.2) is 5.82 Å². The molecule has 1 rings (SSSR count). The van der Waals surface area contributed by atoms with E-state index in [1.165, 1.54) is 0 Å². The molecule has 6 nitrogen and oxygen atoms in total. The van der Waals surface area contributed by atoms with Crippen LogP contribution in [0.4, 0.5) is 0 Å². The normalized spacial score (nSPS) is 17.7. The number of nitrogens with zero attached hydrogens (tertiary/aromatic N) is 4. The predicted molar refractivity (Wildman–Crippen MR) is 53.9 cm³/mol. The molecule has 0 saturated carbocycles. The van der Waals surface area contributed by atoms with E-state index >= 15 is 0 Å². The van der Waals surface area contributed by atoms with Crippen LogP contribution >= 0.6 is 0 Å². The first-order chi connectivity index (χ1) is 6.52. The second-order valence-corrected chi connectivity index (χ2v) is 5.12. The maximum absolute atomic E-state index is 11.1. The Morgan fingerprint density at radius 3 is 2.71 bits per heavy atom. The van der Waals surface area contributed by atoms with Gasteiger partial charge in [-0.3, -0.25) is 4.21 Å². The molecular formula is C7H15N5OS. The van der Waals surface area contributed by atoms with Crippen molar-refractivity contribution in [3.8, 4) is 0 Å². The van der Waals surface area contributed by atoms with Crippen molar-refractivity contribution in [2.45, 2.75) is 31.7 Å². The quantitative estimate of drug-likeness (QED) is 0.732. The molecule has 14 heavy (non-hydrogen) atoms. The van der Waals surface area contributed by atoms with Crippen molar-refractivity contribution in [2.24, 2.45) is 5.73 Å². The minimum absolute atomic E-state index is 0.0241. The standard InChI is InChI=1S/C7H15N5OS/c1-5(14(3)13)4-12-7(6(2)8)9-10-11-12/h5-6H,4,8H2,1-3H3. The van der Waals surface area contributed by atoms with Crippen molar-refractivity contribution in [2.75, 3.05) is 6.26 Å². The van der Waals surface area contributed by atoms with Gasteiger partial charge >= 0.3 is 0 Å². The summed E-state index contributed by atoms with van der Waals surface area (Å²) in [6.07, 6.45) is 1.67. The molecule has 80 valence electrons. The van der Waals surface area contributed by atoms with Crippen LogP contribution in [0.3, 0.4) is 0 Å². The molecule has 2 N–H and O–H groups in total. The molecule has 1 heterocycles. The monoisotopic (exact) mass is 217 g/mol. The average Bonchev–Trinajstić information content (AvgIpc) is 2.52. The van der Waals surface area contributed by atoms with Crippen LogP contribution in [-0.4, -0.2) is 35.9 Å². The average molecular weight is 217 g/mol. The molecule has 1 aromatic rings. The van der Waals surface area contributed by atoms with Gasteiger partial charge in [0, 0.05) is 17.1 Å². The number of aromatic nitrogens is 4. The van der Waals surface area contributed by atoms with Gasteiger partial charge in [-0.2, -0.15) is 0 Å². The zero-order valence-electron chi connectivity index (χ0n) is 8.54. The summed E-state index contributed by atoms with van der Waals surface area (Å²) in [6.45, 7) is 4.24. The van der Waals surface area contributed by atoms with Crippen LogP contribution in [0, 0.1) is 0 Å². The summed E-state index contributed by atoms with van der Waals surface area (Å²) in [7, 11) is -0.874. The smallest absolute Gasteiger partial charge is 0.167 e. The minimum atomic E-state index is -0.874. The van der Waals surface area contributed by atoms with Gasteiger partial charge in [-0.05, 0) is 24.3 Å². The molecule has 0 aliphatic carbocycles. The van der Waals surface area contributed by atoms with Gasteiger partial charge in [-0.1, -0.05) is 0 Å². The van der Waals surface area contributed by atoms with E-state index in [2.05, 4.69) is 15.5 Å². The summed E-state index contributed by atoms with van der Waals surface area (Å²) < 4.78 is 12.8. The molecule has 3 atom stereocenters. The van der Waals surface area contributed by atoms with Crippen LogP contribution in [-0.2, 0) is 17.3 Å². The molecule has 0 spiro atoms. The molecule has 0 amide bonds. The lowest BCUT2D eigenvalue weighted by atomic mass is 10.3. The maximum atomic E-state index is 11.1. The summed E-state index contributed by atoms with van der Waals surface area (Å²) >= 11 is 0. The lowest BCUT2D eigenvalue weighted by Crippen LogP contribution is -2.22. The lowest BCUT2D eigenvalue weighted by Gasteiger charge is -2.10. The number of hydrogen-bond donors (Lipinski definition) is 1. The number of hydrogen-bond acceptors (Lipinski definition) is 5. The molecule has 0 aromatic carbocycles. The first-order valence-corrected chi connectivity index (χ1v) is 5.98. The Kier molecular flexibility index (Phi) is 3.70. The third-order valence-corrected chi connectivity index (χ3v) is 3.25. The fourth-order valence-corrected chi connectivity index (χ4v) is 1.37. The molecule has 0 aliphatic heterocycles. The molecule has 0 aliphatic rings. The lowest BCUT2D eigenvalue weighted by molar-refractivity contribution is 0.535. The van der Waals surface area contributed by atoms with Crippen molar-refractivity contribution < 1.29 is 4.21 Å². The van der Waals surface area contributed by atoms with E-state index in [-0.39, 0.29) is 11.3 Å². The highest BCUT2D eigenvalue weighted by molar-refractivity contribution is 7.84. The van der Waals surface area contributed by atoms with Gasteiger partial charge in [0.25, 0.3) is 0 Å². The number of nitrogens with two attached hydrogens (primary N) is 1. The van der Waals surface area contributed by atoms with Crippen molar-refractivity contribution in [3.63, 3.8) is 0 Å². The summed E-state index contributed by atoms with van der Waals surface area (Å²) in [6, 6.07) is -0.206. The van der Waals surface area contributed by atoms with Gasteiger partial charge in [0.2, 0.25) is 0 Å². The maximum Gasteiger partial charge on any atom is 0.167 e. The largest absolute Gasteiger partial charge is 0.322 e. The molecule has 7 heteroatoms. The van der Waals surface area contributed by atoms with E-state index in [0.29, 0.717) is 12.4 Å². The van der Waals surface area contributed by atoms with E-state index in [1.807, 2.05) is 13.8 Å². The van der Waals surface area contributed by atoms with E-state index in [4.69, 9.17) is 5.73 Å². The fourth-order valence-electron chi connectivity index (χ4n) is 1.02. The second-order valence-electron chi connectivity index (χ2n) is 3.32. The number of rotatable bonds is 4. The zero-order valence-corrected chi connectivity index (χ0v) is 9.36. The fraction of sp³-hybridized carbons (Fsp3) is 0.857. The summed E-state index contributed by atoms with van der Waals surface area (Å²) in [5.41, 5.74) is 5.67. The minimum Gasteiger partial charge on any atom is -0.322 e. The highest BCUT2D eigenvalue weighted by Crippen LogP contribution is 2.05. The summed E-state index contributed by atoms with van der Waals surface area (Å²) in [5, 5.41) is 11.2. The third kappa shape index (κ3) is 2.58. The van der Waals surface area contributed by atoms with Crippen molar-refractivity contribution in [3.05, 3.63) is 5.82 Å². The highest BCUT2D eigenvalue weighted by atomic mass is 32.2. The third-order valence-electron chi connectivity index (χ3n) is 1.96. The molecule has 0 fully saturated rings. The van der Waals surface area contributed by atoms with Crippen molar-refractivity contribution in [1.82, 2.24) is 20.2 Å². The zero-order chi connectivity index (χ0) is 10.7. The molecule has 0 bridgehead atoms. The van der Waals surface area contributed by atoms with E-state index < -0.39 is 10.8 Å². The Morgan fingerprint density at radius 2 is 2.21 bits per heavy atom. The topological polar surface area (TPSA) is 86.7 Å². The molecular weight excluding hydrogens is 202 g/mol. The van der Waals surface area contributed by atoms with E-state index in [9.17, 15) is 4.21 Å². The van der Waals surface area contributed by atoms with Crippen LogP contribution in [0.1, 0.15) is 25.7 Å².